The van der Waals surface area contributed by atoms with Crippen LogP contribution < -0.4 is 10.6 Å². The zero-order valence-electron chi connectivity index (χ0n) is 20.4. The monoisotopic (exact) mass is 489 g/mol. The molecule has 2 aromatic heterocycles. The third kappa shape index (κ3) is 4.97. The smallest absolute Gasteiger partial charge is 0.408 e. The summed E-state index contributed by atoms with van der Waals surface area (Å²) in [5, 5.41) is 10.4. The SMILES string of the molecule is CC(C)(C)OC(=O)N[C@H](c1cn2ncc(CC34CCC(C3)NC4=O)cc2n1)C1CCC(F)(F)CC1. The van der Waals surface area contributed by atoms with Gasteiger partial charge in [0.15, 0.2) is 5.65 Å². The van der Waals surface area contributed by atoms with Crippen LogP contribution in [0.2, 0.25) is 0 Å². The van der Waals surface area contributed by atoms with Gasteiger partial charge in [-0.15, -0.1) is 0 Å². The zero-order valence-corrected chi connectivity index (χ0v) is 20.4. The van der Waals surface area contributed by atoms with Gasteiger partial charge in [-0.1, -0.05) is 0 Å². The normalized spacial score (nSPS) is 27.1. The summed E-state index contributed by atoms with van der Waals surface area (Å²) in [5.41, 5.74) is 1.04. The predicted molar refractivity (Wildman–Crippen MR) is 124 cm³/mol. The van der Waals surface area contributed by atoms with E-state index >= 15 is 0 Å². The number of halogens is 2. The van der Waals surface area contributed by atoms with Crippen molar-refractivity contribution in [2.45, 2.75) is 95.7 Å². The molecule has 35 heavy (non-hydrogen) atoms. The van der Waals surface area contributed by atoms with E-state index in [9.17, 15) is 18.4 Å². The van der Waals surface area contributed by atoms with Crippen LogP contribution in [-0.4, -0.2) is 44.2 Å². The molecule has 1 aliphatic heterocycles. The lowest BCUT2D eigenvalue weighted by Gasteiger charge is -2.33. The fourth-order valence-electron chi connectivity index (χ4n) is 5.87. The molecule has 8 nitrogen and oxygen atoms in total. The van der Waals surface area contributed by atoms with E-state index in [4.69, 9.17) is 9.72 Å². The van der Waals surface area contributed by atoms with Crippen molar-refractivity contribution in [1.82, 2.24) is 25.2 Å². The van der Waals surface area contributed by atoms with E-state index in [1.54, 1.807) is 37.7 Å². The third-order valence-corrected chi connectivity index (χ3v) is 7.59. The topological polar surface area (TPSA) is 97.6 Å². The van der Waals surface area contributed by atoms with Gasteiger partial charge in [-0.3, -0.25) is 4.79 Å². The Balaban J connectivity index is 1.40. The molecule has 2 aromatic rings. The number of imidazole rings is 1. The number of rotatable bonds is 5. The van der Waals surface area contributed by atoms with Gasteiger partial charge in [0.25, 0.3) is 0 Å². The Morgan fingerprint density at radius 1 is 1.29 bits per heavy atom. The summed E-state index contributed by atoms with van der Waals surface area (Å²) < 4.78 is 34.7. The van der Waals surface area contributed by atoms with Gasteiger partial charge in [0.1, 0.15) is 5.60 Å². The van der Waals surface area contributed by atoms with Crippen molar-refractivity contribution < 1.29 is 23.1 Å². The number of nitrogens with zero attached hydrogens (tertiary/aromatic N) is 3. The quantitative estimate of drug-likeness (QED) is 0.652. The first-order valence-corrected chi connectivity index (χ1v) is 12.4. The van der Waals surface area contributed by atoms with E-state index in [0.29, 0.717) is 17.8 Å². The Morgan fingerprint density at radius 2 is 2.03 bits per heavy atom. The summed E-state index contributed by atoms with van der Waals surface area (Å²) in [6.45, 7) is 5.32. The first-order valence-electron chi connectivity index (χ1n) is 12.4. The standard InChI is InChI=1S/C25H33F2N5O3/c1-23(2,3)35-22(34)31-20(16-4-8-25(26,27)9-5-16)18-14-32-19(30-18)10-15(13-28-32)11-24-7-6-17(12-24)29-21(24)33/h10,13-14,16-17,20H,4-9,11-12H2,1-3H3,(H,29,33)(H,31,34)/t17?,20-,24?/m0/s1. The minimum absolute atomic E-state index is 0.119. The fraction of sp³-hybridized carbons (Fsp3) is 0.680. The van der Waals surface area contributed by atoms with Crippen molar-refractivity contribution in [2.24, 2.45) is 11.3 Å². The van der Waals surface area contributed by atoms with Crippen LogP contribution >= 0.6 is 0 Å². The molecule has 2 saturated carbocycles. The lowest BCUT2D eigenvalue weighted by molar-refractivity contribution is -0.128. The molecule has 0 spiro atoms. The van der Waals surface area contributed by atoms with Gasteiger partial charge in [-0.2, -0.15) is 5.10 Å². The first-order chi connectivity index (χ1) is 16.4. The highest BCUT2D eigenvalue weighted by Gasteiger charge is 2.51. The van der Waals surface area contributed by atoms with Crippen LogP contribution in [0.5, 0.6) is 0 Å². The third-order valence-electron chi connectivity index (χ3n) is 7.59. The molecule has 3 heterocycles. The van der Waals surface area contributed by atoms with Crippen LogP contribution in [0.25, 0.3) is 5.65 Å². The van der Waals surface area contributed by atoms with Gasteiger partial charge in [0.05, 0.1) is 29.5 Å². The summed E-state index contributed by atoms with van der Waals surface area (Å²) in [6, 6.07) is 1.63. The molecule has 3 atom stereocenters. The second-order valence-electron chi connectivity index (χ2n) is 11.5. The number of amides is 2. The number of carbonyl (C=O) groups excluding carboxylic acids is 2. The lowest BCUT2D eigenvalue weighted by atomic mass is 9.81. The second kappa shape index (κ2) is 8.41. The molecule has 3 fully saturated rings. The summed E-state index contributed by atoms with van der Waals surface area (Å²) >= 11 is 0. The number of alkyl halides is 2. The van der Waals surface area contributed by atoms with Crippen molar-refractivity contribution in [3.05, 3.63) is 29.7 Å². The molecule has 2 aliphatic carbocycles. The molecule has 0 aromatic carbocycles. The maximum absolute atomic E-state index is 13.8. The van der Waals surface area contributed by atoms with E-state index < -0.39 is 23.7 Å². The Morgan fingerprint density at radius 3 is 2.66 bits per heavy atom. The minimum Gasteiger partial charge on any atom is -0.444 e. The summed E-state index contributed by atoms with van der Waals surface area (Å²) in [6.07, 6.45) is 6.35. The number of hydrogen-bond donors (Lipinski definition) is 2. The van der Waals surface area contributed by atoms with Crippen LogP contribution in [0.1, 0.15) is 83.0 Å². The Bertz CT molecular complexity index is 1130. The maximum atomic E-state index is 13.8. The Labute approximate surface area is 203 Å². The molecule has 0 radical (unpaired) electrons. The highest BCUT2D eigenvalue weighted by Crippen LogP contribution is 2.46. The average Bonchev–Trinajstić information content (AvgIpc) is 3.43. The highest BCUT2D eigenvalue weighted by molar-refractivity contribution is 5.86. The summed E-state index contributed by atoms with van der Waals surface area (Å²) in [5.74, 6) is -2.75. The molecule has 2 bridgehead atoms. The molecule has 10 heteroatoms. The summed E-state index contributed by atoms with van der Waals surface area (Å²) in [7, 11) is 0. The molecule has 5 rings (SSSR count). The number of nitrogens with one attached hydrogen (secondary N) is 2. The van der Waals surface area contributed by atoms with E-state index in [1.165, 1.54) is 0 Å². The van der Waals surface area contributed by atoms with Crippen molar-refractivity contribution in [2.75, 3.05) is 0 Å². The van der Waals surface area contributed by atoms with Crippen LogP contribution in [0.15, 0.2) is 18.5 Å². The largest absolute Gasteiger partial charge is 0.444 e. The number of hydrogen-bond acceptors (Lipinski definition) is 5. The van der Waals surface area contributed by atoms with Gasteiger partial charge in [0.2, 0.25) is 11.8 Å². The van der Waals surface area contributed by atoms with Crippen LogP contribution in [0, 0.1) is 11.3 Å². The van der Waals surface area contributed by atoms with Crippen LogP contribution in [-0.2, 0) is 16.0 Å². The van der Waals surface area contributed by atoms with Crippen LogP contribution in [0.3, 0.4) is 0 Å². The van der Waals surface area contributed by atoms with Gasteiger partial charge < -0.3 is 15.4 Å². The van der Waals surface area contributed by atoms with Gasteiger partial charge >= 0.3 is 6.09 Å². The van der Waals surface area contributed by atoms with E-state index in [1.807, 2.05) is 6.07 Å². The minimum atomic E-state index is -2.67. The Kier molecular flexibility index (Phi) is 5.75. The van der Waals surface area contributed by atoms with Gasteiger partial charge in [-0.25, -0.2) is 23.1 Å². The van der Waals surface area contributed by atoms with Gasteiger partial charge in [-0.05, 0) is 76.8 Å². The number of piperidine rings is 1. The number of ether oxygens (including phenoxy) is 1. The van der Waals surface area contributed by atoms with Gasteiger partial charge in [0, 0.05) is 18.9 Å². The average molecular weight is 490 g/mol. The van der Waals surface area contributed by atoms with Crippen molar-refractivity contribution in [3.8, 4) is 0 Å². The first kappa shape index (κ1) is 23.9. The number of carbonyl (C=O) groups is 2. The van der Waals surface area contributed by atoms with Crippen molar-refractivity contribution in [1.29, 1.82) is 0 Å². The molecule has 1 saturated heterocycles. The summed E-state index contributed by atoms with van der Waals surface area (Å²) in [4.78, 5) is 29.8. The zero-order chi connectivity index (χ0) is 25.0. The number of alkyl carbamates (subject to hydrolysis) is 1. The molecule has 3 aliphatic rings. The maximum Gasteiger partial charge on any atom is 0.408 e. The molecule has 2 N–H and O–H groups in total. The molecular formula is C25H33F2N5O3. The lowest BCUT2D eigenvalue weighted by Crippen LogP contribution is -2.40. The van der Waals surface area contributed by atoms with Crippen LogP contribution in [0.4, 0.5) is 13.6 Å². The van der Waals surface area contributed by atoms with E-state index in [2.05, 4.69) is 15.7 Å². The molecule has 190 valence electrons. The molecular weight excluding hydrogens is 456 g/mol. The van der Waals surface area contributed by atoms with Crippen molar-refractivity contribution >= 4 is 17.6 Å². The highest BCUT2D eigenvalue weighted by atomic mass is 19.3. The molecule has 2 unspecified atom stereocenters. The predicted octanol–water partition coefficient (Wildman–Crippen LogP) is 4.33. The van der Waals surface area contributed by atoms with E-state index in [0.717, 1.165) is 24.8 Å². The van der Waals surface area contributed by atoms with Crippen molar-refractivity contribution in [3.63, 3.8) is 0 Å². The number of fused-ring (bicyclic) bond motifs is 3. The molecule has 2 amide bonds. The number of aromatic nitrogens is 3. The Hall–Kier alpha value is -2.78. The van der Waals surface area contributed by atoms with E-state index in [-0.39, 0.29) is 49.0 Å². The fourth-order valence-corrected chi connectivity index (χ4v) is 5.87. The second-order valence-corrected chi connectivity index (χ2v) is 11.5.